The first-order valence-electron chi connectivity index (χ1n) is 4.83. The van der Waals surface area contributed by atoms with Gasteiger partial charge in [-0.3, -0.25) is 0 Å². The van der Waals surface area contributed by atoms with Crippen molar-refractivity contribution < 1.29 is 4.39 Å². The monoisotopic (exact) mass is 195 g/mol. The average molecular weight is 195 g/mol. The van der Waals surface area contributed by atoms with Crippen LogP contribution in [0.3, 0.4) is 0 Å². The van der Waals surface area contributed by atoms with Crippen molar-refractivity contribution in [3.8, 4) is 0 Å². The first-order valence-corrected chi connectivity index (χ1v) is 4.83. The van der Waals surface area contributed by atoms with E-state index in [0.717, 1.165) is 25.2 Å². The van der Waals surface area contributed by atoms with E-state index in [1.807, 2.05) is 13.0 Å². The highest BCUT2D eigenvalue weighted by Gasteiger charge is 2.18. The number of aromatic nitrogens is 1. The molecule has 1 atom stereocenters. The Kier molecular flexibility index (Phi) is 2.74. The Morgan fingerprint density at radius 3 is 3.07 bits per heavy atom. The van der Waals surface area contributed by atoms with Crippen LogP contribution in [-0.2, 0) is 0 Å². The van der Waals surface area contributed by atoms with Crippen molar-refractivity contribution in [3.63, 3.8) is 0 Å². The topological polar surface area (TPSA) is 37.0 Å². The van der Waals surface area contributed by atoms with Crippen LogP contribution in [0.2, 0.25) is 0 Å². The fourth-order valence-electron chi connectivity index (χ4n) is 1.69. The number of rotatable bonds is 1. The lowest BCUT2D eigenvalue weighted by molar-refractivity contribution is 0.411. The molecule has 0 aliphatic carbocycles. The van der Waals surface area contributed by atoms with E-state index in [1.54, 1.807) is 6.20 Å². The van der Waals surface area contributed by atoms with Gasteiger partial charge in [-0.1, -0.05) is 0 Å². The Bertz CT molecular complexity index is 321. The Morgan fingerprint density at radius 1 is 1.50 bits per heavy atom. The maximum absolute atomic E-state index is 13.4. The molecule has 1 aromatic heterocycles. The van der Waals surface area contributed by atoms with E-state index in [1.165, 1.54) is 0 Å². The van der Waals surface area contributed by atoms with Crippen molar-refractivity contribution in [2.45, 2.75) is 13.0 Å². The van der Waals surface area contributed by atoms with Crippen LogP contribution < -0.4 is 10.6 Å². The maximum Gasteiger partial charge on any atom is 0.217 e. The van der Waals surface area contributed by atoms with Crippen LogP contribution in [0, 0.1) is 12.9 Å². The van der Waals surface area contributed by atoms with Crippen LogP contribution in [0.5, 0.6) is 0 Å². The maximum atomic E-state index is 13.4. The van der Waals surface area contributed by atoms with Crippen LogP contribution >= 0.6 is 0 Å². The minimum Gasteiger partial charge on any atom is -0.314 e. The van der Waals surface area contributed by atoms with E-state index in [0.29, 0.717) is 5.56 Å². The summed E-state index contributed by atoms with van der Waals surface area (Å²) in [7, 11) is 0. The lowest BCUT2D eigenvalue weighted by Crippen LogP contribution is -2.43. The summed E-state index contributed by atoms with van der Waals surface area (Å²) < 4.78 is 13.4. The quantitative estimate of drug-likeness (QED) is 0.650. The number of nitrogens with zero attached hydrogens (tertiary/aromatic N) is 1. The molecule has 14 heavy (non-hydrogen) atoms. The van der Waals surface area contributed by atoms with Gasteiger partial charge in [0.05, 0.1) is 0 Å². The SMILES string of the molecule is Cc1cnc(F)c(C2CNCCN2)c1. The van der Waals surface area contributed by atoms with Crippen LogP contribution in [-0.4, -0.2) is 24.6 Å². The predicted molar refractivity (Wildman–Crippen MR) is 52.5 cm³/mol. The van der Waals surface area contributed by atoms with Crippen molar-refractivity contribution in [1.82, 2.24) is 15.6 Å². The second kappa shape index (κ2) is 4.02. The summed E-state index contributed by atoms with van der Waals surface area (Å²) in [5.41, 5.74) is 1.66. The van der Waals surface area contributed by atoms with Crippen LogP contribution in [0.15, 0.2) is 12.3 Å². The highest BCUT2D eigenvalue weighted by molar-refractivity contribution is 5.22. The summed E-state index contributed by atoms with van der Waals surface area (Å²) in [5, 5.41) is 6.48. The second-order valence-corrected chi connectivity index (χ2v) is 3.60. The number of hydrogen-bond donors (Lipinski definition) is 2. The van der Waals surface area contributed by atoms with Gasteiger partial charge in [0.25, 0.3) is 0 Å². The molecule has 0 spiro atoms. The molecule has 1 aromatic rings. The minimum atomic E-state index is -0.364. The van der Waals surface area contributed by atoms with E-state index in [2.05, 4.69) is 15.6 Å². The highest BCUT2D eigenvalue weighted by Crippen LogP contribution is 2.17. The molecule has 2 heterocycles. The molecular weight excluding hydrogens is 181 g/mol. The Hall–Kier alpha value is -1.00. The van der Waals surface area contributed by atoms with Gasteiger partial charge in [-0.2, -0.15) is 4.39 Å². The van der Waals surface area contributed by atoms with Crippen molar-refractivity contribution in [3.05, 3.63) is 29.3 Å². The third-order valence-electron chi connectivity index (χ3n) is 2.42. The van der Waals surface area contributed by atoms with E-state index in [-0.39, 0.29) is 12.0 Å². The summed E-state index contributed by atoms with van der Waals surface area (Å²) in [6.07, 6.45) is 1.55. The smallest absolute Gasteiger partial charge is 0.217 e. The molecular formula is C10H14FN3. The van der Waals surface area contributed by atoms with Gasteiger partial charge in [-0.05, 0) is 18.6 Å². The standard InChI is InChI=1S/C10H14FN3/c1-7-4-8(10(11)14-5-7)9-6-12-2-3-13-9/h4-5,9,12-13H,2-3,6H2,1H3. The molecule has 1 aliphatic rings. The first kappa shape index (κ1) is 9.55. The van der Waals surface area contributed by atoms with Gasteiger partial charge in [-0.15, -0.1) is 0 Å². The van der Waals surface area contributed by atoms with Crippen LogP contribution in [0.1, 0.15) is 17.2 Å². The molecule has 1 fully saturated rings. The molecule has 1 saturated heterocycles. The number of hydrogen-bond acceptors (Lipinski definition) is 3. The minimum absolute atomic E-state index is 0.0520. The Balaban J connectivity index is 2.24. The molecule has 0 bridgehead atoms. The number of piperazine rings is 1. The van der Waals surface area contributed by atoms with Crippen molar-refractivity contribution >= 4 is 0 Å². The lowest BCUT2D eigenvalue weighted by Gasteiger charge is -2.24. The third-order valence-corrected chi connectivity index (χ3v) is 2.42. The van der Waals surface area contributed by atoms with Gasteiger partial charge in [0.15, 0.2) is 0 Å². The normalized spacial score (nSPS) is 22.3. The molecule has 1 aliphatic heterocycles. The van der Waals surface area contributed by atoms with Gasteiger partial charge in [-0.25, -0.2) is 4.98 Å². The molecule has 3 nitrogen and oxygen atoms in total. The number of halogens is 1. The Morgan fingerprint density at radius 2 is 2.36 bits per heavy atom. The molecule has 0 aromatic carbocycles. The third kappa shape index (κ3) is 1.91. The first-order chi connectivity index (χ1) is 6.77. The summed E-state index contributed by atoms with van der Waals surface area (Å²) in [6, 6.07) is 1.91. The lowest BCUT2D eigenvalue weighted by atomic mass is 10.1. The summed E-state index contributed by atoms with van der Waals surface area (Å²) in [4.78, 5) is 3.72. The van der Waals surface area contributed by atoms with Crippen molar-refractivity contribution in [1.29, 1.82) is 0 Å². The number of pyridine rings is 1. The van der Waals surface area contributed by atoms with E-state index in [9.17, 15) is 4.39 Å². The Labute approximate surface area is 82.7 Å². The van der Waals surface area contributed by atoms with Gasteiger partial charge < -0.3 is 10.6 Å². The number of nitrogens with one attached hydrogen (secondary N) is 2. The van der Waals surface area contributed by atoms with Gasteiger partial charge >= 0.3 is 0 Å². The van der Waals surface area contributed by atoms with Gasteiger partial charge in [0, 0.05) is 37.4 Å². The van der Waals surface area contributed by atoms with Crippen molar-refractivity contribution in [2.24, 2.45) is 0 Å². The highest BCUT2D eigenvalue weighted by atomic mass is 19.1. The van der Waals surface area contributed by atoms with E-state index in [4.69, 9.17) is 0 Å². The average Bonchev–Trinajstić information content (AvgIpc) is 2.23. The second-order valence-electron chi connectivity index (χ2n) is 3.60. The molecule has 1 unspecified atom stereocenters. The van der Waals surface area contributed by atoms with E-state index >= 15 is 0 Å². The van der Waals surface area contributed by atoms with Crippen LogP contribution in [0.4, 0.5) is 4.39 Å². The largest absolute Gasteiger partial charge is 0.314 e. The summed E-state index contributed by atoms with van der Waals surface area (Å²) in [6.45, 7) is 4.50. The zero-order valence-electron chi connectivity index (χ0n) is 8.18. The molecule has 4 heteroatoms. The van der Waals surface area contributed by atoms with Gasteiger partial charge in [0.1, 0.15) is 0 Å². The van der Waals surface area contributed by atoms with Crippen molar-refractivity contribution in [2.75, 3.05) is 19.6 Å². The molecule has 2 rings (SSSR count). The summed E-state index contributed by atoms with van der Waals surface area (Å²) >= 11 is 0. The fourth-order valence-corrected chi connectivity index (χ4v) is 1.69. The van der Waals surface area contributed by atoms with E-state index < -0.39 is 0 Å². The fraction of sp³-hybridized carbons (Fsp3) is 0.500. The predicted octanol–water partition coefficient (Wildman–Crippen LogP) is 0.763. The zero-order chi connectivity index (χ0) is 9.97. The molecule has 0 saturated carbocycles. The summed E-state index contributed by atoms with van der Waals surface area (Å²) in [5.74, 6) is -0.364. The molecule has 0 radical (unpaired) electrons. The molecule has 2 N–H and O–H groups in total. The van der Waals surface area contributed by atoms with Crippen LogP contribution in [0.25, 0.3) is 0 Å². The number of aryl methyl sites for hydroxylation is 1. The van der Waals surface area contributed by atoms with Gasteiger partial charge in [0.2, 0.25) is 5.95 Å². The zero-order valence-corrected chi connectivity index (χ0v) is 8.18. The molecule has 0 amide bonds. The molecule has 76 valence electrons.